The monoisotopic (exact) mass is 485 g/mol. The van der Waals surface area contributed by atoms with E-state index in [0.29, 0.717) is 32.2 Å². The highest BCUT2D eigenvalue weighted by atomic mass is 16.6. The maximum atomic E-state index is 13.1. The van der Waals surface area contributed by atoms with Crippen LogP contribution in [0, 0.1) is 5.92 Å². The Balaban J connectivity index is 4.99. The van der Waals surface area contributed by atoms with Crippen LogP contribution in [0.25, 0.3) is 0 Å². The molecule has 0 saturated carbocycles. The van der Waals surface area contributed by atoms with Crippen LogP contribution in [0.1, 0.15) is 99.8 Å². The number of amides is 2. The molecule has 0 spiro atoms. The molecule has 2 amide bonds. The summed E-state index contributed by atoms with van der Waals surface area (Å²) in [6, 6.07) is -0.742. The van der Waals surface area contributed by atoms with Gasteiger partial charge in [0.05, 0.1) is 18.5 Å². The zero-order valence-electron chi connectivity index (χ0n) is 22.3. The summed E-state index contributed by atoms with van der Waals surface area (Å²) in [5, 5.41) is 5.36. The Kier molecular flexibility index (Phi) is 14.7. The third-order valence-corrected chi connectivity index (χ3v) is 4.84. The standard InChI is InChI=1S/C25H47N3O6/c1-8-9-10-13-18(22(31)33-24(2,3)4)16-20(29)19(28-21(30)17-26)14-11-12-15-27-23(32)34-25(5,6)7/h18-19H,8-17,26H2,1-7H3,(H,27,32)(H,28,30)/t18-,19?/m1/s1. The molecule has 34 heavy (non-hydrogen) atoms. The van der Waals surface area contributed by atoms with Gasteiger partial charge in [-0.25, -0.2) is 4.79 Å². The highest BCUT2D eigenvalue weighted by molar-refractivity contribution is 5.91. The third-order valence-electron chi connectivity index (χ3n) is 4.84. The molecule has 2 atom stereocenters. The highest BCUT2D eigenvalue weighted by Crippen LogP contribution is 2.21. The molecule has 0 aliphatic rings. The molecule has 0 aromatic heterocycles. The van der Waals surface area contributed by atoms with Crippen molar-refractivity contribution in [3.63, 3.8) is 0 Å². The number of Topliss-reactive ketones (excluding diaryl/α,β-unsaturated/α-hetero) is 1. The van der Waals surface area contributed by atoms with Gasteiger partial charge in [-0.1, -0.05) is 26.2 Å². The Labute approximate surface area is 205 Å². The van der Waals surface area contributed by atoms with Gasteiger partial charge < -0.3 is 25.8 Å². The Bertz CT molecular complexity index is 652. The summed E-state index contributed by atoms with van der Waals surface area (Å²) in [5.74, 6) is -1.58. The molecule has 0 rings (SSSR count). The quantitative estimate of drug-likeness (QED) is 0.238. The summed E-state index contributed by atoms with van der Waals surface area (Å²) < 4.78 is 10.7. The third kappa shape index (κ3) is 16.5. The van der Waals surface area contributed by atoms with Crippen molar-refractivity contribution in [1.82, 2.24) is 10.6 Å². The topological polar surface area (TPSA) is 137 Å². The molecule has 198 valence electrons. The number of nitrogens with two attached hydrogens (primary N) is 1. The molecule has 0 heterocycles. The van der Waals surface area contributed by atoms with E-state index in [0.717, 1.165) is 19.3 Å². The molecule has 0 aromatic rings. The first-order chi connectivity index (χ1) is 15.7. The predicted octanol–water partition coefficient (Wildman–Crippen LogP) is 3.62. The van der Waals surface area contributed by atoms with Crippen molar-refractivity contribution >= 4 is 23.8 Å². The van der Waals surface area contributed by atoms with Crippen LogP contribution in [0.3, 0.4) is 0 Å². The van der Waals surface area contributed by atoms with E-state index in [1.54, 1.807) is 41.5 Å². The van der Waals surface area contributed by atoms with Gasteiger partial charge in [-0.3, -0.25) is 14.4 Å². The van der Waals surface area contributed by atoms with Crippen LogP contribution in [-0.2, 0) is 23.9 Å². The summed E-state index contributed by atoms with van der Waals surface area (Å²) in [7, 11) is 0. The largest absolute Gasteiger partial charge is 0.460 e. The smallest absolute Gasteiger partial charge is 0.407 e. The minimum Gasteiger partial charge on any atom is -0.460 e. The van der Waals surface area contributed by atoms with Crippen molar-refractivity contribution in [2.45, 2.75) is 117 Å². The molecule has 1 unspecified atom stereocenters. The van der Waals surface area contributed by atoms with Gasteiger partial charge in [0.15, 0.2) is 5.78 Å². The number of rotatable bonds is 15. The van der Waals surface area contributed by atoms with Crippen molar-refractivity contribution in [3.8, 4) is 0 Å². The summed E-state index contributed by atoms with van der Waals surface area (Å²) in [6.07, 6.45) is 4.44. The molecular formula is C25H47N3O6. The molecule has 4 N–H and O–H groups in total. The second kappa shape index (κ2) is 15.7. The summed E-state index contributed by atoms with van der Waals surface area (Å²) in [5.41, 5.74) is 4.21. The number of ketones is 1. The van der Waals surface area contributed by atoms with Crippen LogP contribution in [0.5, 0.6) is 0 Å². The number of hydrogen-bond donors (Lipinski definition) is 3. The summed E-state index contributed by atoms with van der Waals surface area (Å²) in [6.45, 7) is 13.0. The lowest BCUT2D eigenvalue weighted by Gasteiger charge is -2.25. The van der Waals surface area contributed by atoms with E-state index >= 15 is 0 Å². The average Bonchev–Trinajstić information content (AvgIpc) is 2.69. The first-order valence-electron chi connectivity index (χ1n) is 12.4. The van der Waals surface area contributed by atoms with Gasteiger partial charge in [0.25, 0.3) is 0 Å². The summed E-state index contributed by atoms with van der Waals surface area (Å²) >= 11 is 0. The first-order valence-corrected chi connectivity index (χ1v) is 12.4. The minimum absolute atomic E-state index is 0.00427. The van der Waals surface area contributed by atoms with Gasteiger partial charge in [-0.05, 0) is 67.2 Å². The molecule has 0 bridgehead atoms. The maximum Gasteiger partial charge on any atom is 0.407 e. The first kappa shape index (κ1) is 31.8. The fourth-order valence-corrected chi connectivity index (χ4v) is 3.26. The number of esters is 1. The fraction of sp³-hybridized carbons (Fsp3) is 0.840. The van der Waals surface area contributed by atoms with Crippen LogP contribution < -0.4 is 16.4 Å². The molecular weight excluding hydrogens is 438 g/mol. The average molecular weight is 486 g/mol. The molecule has 0 fully saturated rings. The van der Waals surface area contributed by atoms with Crippen LogP contribution in [0.15, 0.2) is 0 Å². The van der Waals surface area contributed by atoms with Gasteiger partial charge in [-0.2, -0.15) is 0 Å². The molecule has 0 aromatic carbocycles. The number of ether oxygens (including phenoxy) is 2. The lowest BCUT2D eigenvalue weighted by atomic mass is 9.91. The SMILES string of the molecule is CCCCC[C@H](CC(=O)C(CCCCNC(=O)OC(C)(C)C)NC(=O)CN)C(=O)OC(C)(C)C. The van der Waals surface area contributed by atoms with E-state index in [1.165, 1.54) is 0 Å². The van der Waals surface area contributed by atoms with E-state index in [4.69, 9.17) is 15.2 Å². The minimum atomic E-state index is -0.742. The van der Waals surface area contributed by atoms with Crippen LogP contribution in [0.4, 0.5) is 4.79 Å². The van der Waals surface area contributed by atoms with Crippen molar-refractivity contribution in [2.75, 3.05) is 13.1 Å². The molecule has 9 heteroatoms. The van der Waals surface area contributed by atoms with Crippen LogP contribution in [-0.4, -0.2) is 54.1 Å². The van der Waals surface area contributed by atoms with Crippen molar-refractivity contribution in [1.29, 1.82) is 0 Å². The molecule has 0 radical (unpaired) electrons. The van der Waals surface area contributed by atoms with Gasteiger partial charge in [0, 0.05) is 13.0 Å². The van der Waals surface area contributed by atoms with Gasteiger partial charge in [-0.15, -0.1) is 0 Å². The zero-order valence-corrected chi connectivity index (χ0v) is 22.3. The lowest BCUT2D eigenvalue weighted by molar-refractivity contribution is -0.161. The molecule has 0 saturated heterocycles. The molecule has 9 nitrogen and oxygen atoms in total. The fourth-order valence-electron chi connectivity index (χ4n) is 3.26. The maximum absolute atomic E-state index is 13.1. The number of hydrogen-bond acceptors (Lipinski definition) is 7. The Hall–Kier alpha value is -2.16. The van der Waals surface area contributed by atoms with E-state index in [2.05, 4.69) is 17.6 Å². The number of unbranched alkanes of at least 4 members (excludes halogenated alkanes) is 3. The number of carbonyl (C=O) groups excluding carboxylic acids is 4. The predicted molar refractivity (Wildman–Crippen MR) is 132 cm³/mol. The second-order valence-electron chi connectivity index (χ2n) is 10.6. The Morgan fingerprint density at radius 2 is 1.44 bits per heavy atom. The molecule has 0 aliphatic carbocycles. The van der Waals surface area contributed by atoms with E-state index < -0.39 is 35.2 Å². The number of alkyl carbamates (subject to hydrolysis) is 1. The van der Waals surface area contributed by atoms with Gasteiger partial charge >= 0.3 is 12.1 Å². The van der Waals surface area contributed by atoms with Gasteiger partial charge in [0.2, 0.25) is 5.91 Å². The van der Waals surface area contributed by atoms with Crippen molar-refractivity contribution < 1.29 is 28.7 Å². The van der Waals surface area contributed by atoms with Crippen molar-refractivity contribution in [3.05, 3.63) is 0 Å². The molecule has 0 aliphatic heterocycles. The van der Waals surface area contributed by atoms with Crippen LogP contribution >= 0.6 is 0 Å². The van der Waals surface area contributed by atoms with E-state index in [-0.39, 0.29) is 24.7 Å². The Morgan fingerprint density at radius 3 is 1.97 bits per heavy atom. The van der Waals surface area contributed by atoms with E-state index in [9.17, 15) is 19.2 Å². The number of nitrogens with one attached hydrogen (secondary N) is 2. The van der Waals surface area contributed by atoms with Crippen molar-refractivity contribution in [2.24, 2.45) is 11.7 Å². The normalized spacial score (nSPS) is 13.5. The summed E-state index contributed by atoms with van der Waals surface area (Å²) in [4.78, 5) is 49.4. The zero-order chi connectivity index (χ0) is 26.4. The Morgan fingerprint density at radius 1 is 0.853 bits per heavy atom. The van der Waals surface area contributed by atoms with Gasteiger partial charge in [0.1, 0.15) is 11.2 Å². The lowest BCUT2D eigenvalue weighted by Crippen LogP contribution is -2.44. The van der Waals surface area contributed by atoms with E-state index in [1.807, 2.05) is 0 Å². The number of carbonyl (C=O) groups is 4. The van der Waals surface area contributed by atoms with Crippen LogP contribution in [0.2, 0.25) is 0 Å². The highest BCUT2D eigenvalue weighted by Gasteiger charge is 2.30. The second-order valence-corrected chi connectivity index (χ2v) is 10.6.